The number of nitrogens with zero attached hydrogens (tertiary/aromatic N) is 2. The smallest absolute Gasteiger partial charge is 0.259 e. The van der Waals surface area contributed by atoms with E-state index in [9.17, 15) is 13.6 Å². The molecule has 2 aromatic heterocycles. The van der Waals surface area contributed by atoms with Crippen molar-refractivity contribution in [2.24, 2.45) is 0 Å². The molecule has 1 amide bonds. The van der Waals surface area contributed by atoms with Crippen molar-refractivity contribution in [3.8, 4) is 0 Å². The second-order valence-corrected chi connectivity index (χ2v) is 4.40. The Hall–Kier alpha value is -2.96. The lowest BCUT2D eigenvalue weighted by Gasteiger charge is -2.07. The second kappa shape index (κ2) is 4.86. The third-order valence-corrected chi connectivity index (χ3v) is 3.01. The molecule has 0 atom stereocenters. The van der Waals surface area contributed by atoms with E-state index in [1.807, 2.05) is 0 Å². The number of rotatable bonds is 2. The maximum Gasteiger partial charge on any atom is 0.259 e. The monoisotopic (exact) mass is 288 g/mol. The number of nitrogens with one attached hydrogen (secondary N) is 1. The van der Waals surface area contributed by atoms with Gasteiger partial charge in [-0.2, -0.15) is 5.10 Å². The van der Waals surface area contributed by atoms with Crippen LogP contribution in [-0.2, 0) is 0 Å². The molecule has 0 saturated heterocycles. The van der Waals surface area contributed by atoms with Gasteiger partial charge in [-0.15, -0.1) is 0 Å². The zero-order chi connectivity index (χ0) is 15.0. The molecule has 0 saturated carbocycles. The number of pyridine rings is 1. The summed E-state index contributed by atoms with van der Waals surface area (Å²) < 4.78 is 28.2. The summed E-state index contributed by atoms with van der Waals surface area (Å²) in [7, 11) is 0. The number of nitrogens with two attached hydrogens (primary N) is 1. The topological polar surface area (TPSA) is 72.4 Å². The van der Waals surface area contributed by atoms with Gasteiger partial charge in [0, 0.05) is 12.3 Å². The highest BCUT2D eigenvalue weighted by Crippen LogP contribution is 2.22. The Morgan fingerprint density at radius 3 is 2.86 bits per heavy atom. The van der Waals surface area contributed by atoms with Crippen LogP contribution in [0.2, 0.25) is 0 Å². The number of hydrogen-bond donors (Lipinski definition) is 2. The molecule has 0 aliphatic rings. The number of benzene rings is 1. The van der Waals surface area contributed by atoms with Crippen LogP contribution in [0.1, 0.15) is 10.4 Å². The Morgan fingerprint density at radius 1 is 1.24 bits per heavy atom. The van der Waals surface area contributed by atoms with E-state index in [2.05, 4.69) is 10.4 Å². The average molecular weight is 288 g/mol. The summed E-state index contributed by atoms with van der Waals surface area (Å²) in [4.78, 5) is 12.2. The molecule has 5 nitrogen and oxygen atoms in total. The highest BCUT2D eigenvalue weighted by Gasteiger charge is 2.15. The van der Waals surface area contributed by atoms with Gasteiger partial charge in [0.1, 0.15) is 11.6 Å². The van der Waals surface area contributed by atoms with Crippen LogP contribution in [0.25, 0.3) is 5.52 Å². The number of nitrogen functional groups attached to an aromatic ring is 1. The van der Waals surface area contributed by atoms with Crippen molar-refractivity contribution >= 4 is 22.8 Å². The lowest BCUT2D eigenvalue weighted by molar-refractivity contribution is 0.102. The Labute approximate surface area is 118 Å². The normalized spacial score (nSPS) is 10.8. The molecule has 3 rings (SSSR count). The first kappa shape index (κ1) is 13.0. The SMILES string of the molecule is Nc1cc(NC(=O)c2cnn3ccccc23)c(F)cc1F. The average Bonchev–Trinajstić information content (AvgIpc) is 2.88. The first-order valence-electron chi connectivity index (χ1n) is 6.04. The number of amides is 1. The van der Waals surface area contributed by atoms with Crippen molar-refractivity contribution < 1.29 is 13.6 Å². The fourth-order valence-corrected chi connectivity index (χ4v) is 1.96. The molecule has 3 aromatic rings. The molecule has 7 heteroatoms. The summed E-state index contributed by atoms with van der Waals surface area (Å²) in [5, 5.41) is 6.37. The maximum atomic E-state index is 13.6. The highest BCUT2D eigenvalue weighted by atomic mass is 19.1. The van der Waals surface area contributed by atoms with Crippen LogP contribution in [0.5, 0.6) is 0 Å². The van der Waals surface area contributed by atoms with Crippen molar-refractivity contribution in [3.05, 3.63) is 59.9 Å². The predicted molar refractivity (Wildman–Crippen MR) is 73.9 cm³/mol. The van der Waals surface area contributed by atoms with Gasteiger partial charge in [-0.1, -0.05) is 6.07 Å². The van der Waals surface area contributed by atoms with Gasteiger partial charge in [0.2, 0.25) is 0 Å². The maximum absolute atomic E-state index is 13.6. The molecule has 0 radical (unpaired) electrons. The summed E-state index contributed by atoms with van der Waals surface area (Å²) in [5.41, 5.74) is 5.79. The molecule has 0 fully saturated rings. The van der Waals surface area contributed by atoms with Crippen LogP contribution in [0.15, 0.2) is 42.7 Å². The van der Waals surface area contributed by atoms with Crippen LogP contribution >= 0.6 is 0 Å². The quantitative estimate of drug-likeness (QED) is 0.711. The first-order valence-corrected chi connectivity index (χ1v) is 6.04. The van der Waals surface area contributed by atoms with Gasteiger partial charge >= 0.3 is 0 Å². The Balaban J connectivity index is 1.95. The Kier molecular flexibility index (Phi) is 3.02. The van der Waals surface area contributed by atoms with E-state index in [1.54, 1.807) is 24.4 Å². The van der Waals surface area contributed by atoms with Gasteiger partial charge < -0.3 is 11.1 Å². The number of anilines is 2. The molecule has 0 unspecified atom stereocenters. The molecular weight excluding hydrogens is 278 g/mol. The molecule has 106 valence electrons. The number of carbonyl (C=O) groups is 1. The van der Waals surface area contributed by atoms with E-state index in [0.29, 0.717) is 11.6 Å². The summed E-state index contributed by atoms with van der Waals surface area (Å²) in [6.45, 7) is 0. The van der Waals surface area contributed by atoms with Crippen molar-refractivity contribution in [1.29, 1.82) is 0 Å². The van der Waals surface area contributed by atoms with Gasteiger partial charge in [0.25, 0.3) is 5.91 Å². The van der Waals surface area contributed by atoms with Gasteiger partial charge in [-0.25, -0.2) is 13.3 Å². The van der Waals surface area contributed by atoms with E-state index >= 15 is 0 Å². The second-order valence-electron chi connectivity index (χ2n) is 4.40. The van der Waals surface area contributed by atoms with Crippen molar-refractivity contribution in [3.63, 3.8) is 0 Å². The molecule has 0 aliphatic carbocycles. The number of hydrogen-bond acceptors (Lipinski definition) is 3. The van der Waals surface area contributed by atoms with E-state index in [4.69, 9.17) is 5.73 Å². The molecule has 0 aliphatic heterocycles. The summed E-state index contributed by atoms with van der Waals surface area (Å²) in [6.07, 6.45) is 3.05. The summed E-state index contributed by atoms with van der Waals surface area (Å²) in [6, 6.07) is 6.89. The van der Waals surface area contributed by atoms with Crippen LogP contribution in [-0.4, -0.2) is 15.5 Å². The minimum absolute atomic E-state index is 0.186. The number of fused-ring (bicyclic) bond motifs is 1. The molecule has 2 heterocycles. The van der Waals surface area contributed by atoms with Gasteiger partial charge in [-0.3, -0.25) is 4.79 Å². The highest BCUT2D eigenvalue weighted by molar-refractivity contribution is 6.08. The zero-order valence-electron chi connectivity index (χ0n) is 10.7. The molecule has 0 spiro atoms. The van der Waals surface area contributed by atoms with Crippen LogP contribution in [0, 0.1) is 11.6 Å². The third-order valence-electron chi connectivity index (χ3n) is 3.01. The molecule has 3 N–H and O–H groups in total. The van der Waals surface area contributed by atoms with Gasteiger partial charge in [-0.05, 0) is 18.2 Å². The van der Waals surface area contributed by atoms with Gasteiger partial charge in [0.05, 0.1) is 28.7 Å². The largest absolute Gasteiger partial charge is 0.396 e. The minimum Gasteiger partial charge on any atom is -0.396 e. The number of carbonyl (C=O) groups excluding carboxylic acids is 1. The van der Waals surface area contributed by atoms with Crippen LogP contribution in [0.3, 0.4) is 0 Å². The molecule has 1 aromatic carbocycles. The summed E-state index contributed by atoms with van der Waals surface area (Å²) >= 11 is 0. The fourth-order valence-electron chi connectivity index (χ4n) is 1.96. The van der Waals surface area contributed by atoms with Crippen molar-refractivity contribution in [2.75, 3.05) is 11.1 Å². The molecular formula is C14H10F2N4O. The van der Waals surface area contributed by atoms with E-state index < -0.39 is 17.5 Å². The third kappa shape index (κ3) is 2.29. The van der Waals surface area contributed by atoms with E-state index in [-0.39, 0.29) is 16.9 Å². The van der Waals surface area contributed by atoms with Crippen LogP contribution < -0.4 is 11.1 Å². The lowest BCUT2D eigenvalue weighted by atomic mass is 10.2. The van der Waals surface area contributed by atoms with E-state index in [0.717, 1.165) is 6.07 Å². The standard InChI is InChI=1S/C14H10F2N4O/c15-9-5-10(16)12(6-11(9)17)19-14(21)8-7-18-20-4-2-1-3-13(8)20/h1-7H,17H2,(H,19,21). The molecule has 21 heavy (non-hydrogen) atoms. The lowest BCUT2D eigenvalue weighted by Crippen LogP contribution is -2.13. The number of halogens is 2. The Bertz CT molecular complexity index is 844. The Morgan fingerprint density at radius 2 is 2.05 bits per heavy atom. The zero-order valence-corrected chi connectivity index (χ0v) is 10.7. The first-order chi connectivity index (χ1) is 10.1. The van der Waals surface area contributed by atoms with Gasteiger partial charge in [0.15, 0.2) is 0 Å². The summed E-state index contributed by atoms with van der Waals surface area (Å²) in [5.74, 6) is -2.32. The minimum atomic E-state index is -0.897. The molecule has 0 bridgehead atoms. The van der Waals surface area contributed by atoms with Crippen molar-refractivity contribution in [2.45, 2.75) is 0 Å². The van der Waals surface area contributed by atoms with Crippen LogP contribution in [0.4, 0.5) is 20.2 Å². The van der Waals surface area contributed by atoms with E-state index in [1.165, 1.54) is 10.7 Å². The number of aromatic nitrogens is 2. The predicted octanol–water partition coefficient (Wildman–Crippen LogP) is 2.45. The fraction of sp³-hybridized carbons (Fsp3) is 0. The van der Waals surface area contributed by atoms with Crippen molar-refractivity contribution in [1.82, 2.24) is 9.61 Å².